The second-order valence-electron chi connectivity index (χ2n) is 5.59. The number of carbonyl (C=O) groups is 1. The third-order valence-corrected chi connectivity index (χ3v) is 3.88. The van der Waals surface area contributed by atoms with Gasteiger partial charge in [0.2, 0.25) is 5.91 Å². The Kier molecular flexibility index (Phi) is 4.56. The first-order chi connectivity index (χ1) is 9.79. The van der Waals surface area contributed by atoms with E-state index in [0.717, 1.165) is 25.1 Å². The van der Waals surface area contributed by atoms with Gasteiger partial charge in [0, 0.05) is 13.6 Å². The van der Waals surface area contributed by atoms with Crippen molar-refractivity contribution in [2.24, 2.45) is 5.92 Å². The van der Waals surface area contributed by atoms with Crippen LogP contribution in [0.4, 0.5) is 13.2 Å². The molecule has 0 bridgehead atoms. The summed E-state index contributed by atoms with van der Waals surface area (Å²) in [5.41, 5.74) is 0.0100. The summed E-state index contributed by atoms with van der Waals surface area (Å²) in [6, 6.07) is 4.73. The lowest BCUT2D eigenvalue weighted by molar-refractivity contribution is -0.137. The third kappa shape index (κ3) is 3.75. The molecule has 1 aromatic carbocycles. The summed E-state index contributed by atoms with van der Waals surface area (Å²) in [4.78, 5) is 13.8. The van der Waals surface area contributed by atoms with Gasteiger partial charge in [0.05, 0.1) is 11.6 Å². The monoisotopic (exact) mass is 300 g/mol. The summed E-state index contributed by atoms with van der Waals surface area (Å²) in [7, 11) is 1.67. The topological polar surface area (TPSA) is 32.3 Å². The Morgan fingerprint density at radius 1 is 1.33 bits per heavy atom. The van der Waals surface area contributed by atoms with E-state index in [1.165, 1.54) is 12.1 Å². The van der Waals surface area contributed by atoms with Crippen molar-refractivity contribution in [1.82, 2.24) is 10.2 Å². The Bertz CT molecular complexity index is 499. The highest BCUT2D eigenvalue weighted by atomic mass is 19.4. The van der Waals surface area contributed by atoms with Crippen molar-refractivity contribution in [1.29, 1.82) is 0 Å². The predicted molar refractivity (Wildman–Crippen MR) is 73.5 cm³/mol. The molecule has 21 heavy (non-hydrogen) atoms. The van der Waals surface area contributed by atoms with Gasteiger partial charge in [-0.3, -0.25) is 4.79 Å². The van der Waals surface area contributed by atoms with Gasteiger partial charge in [-0.25, -0.2) is 0 Å². The normalized spacial score (nSPS) is 22.3. The van der Waals surface area contributed by atoms with Crippen LogP contribution in [0.2, 0.25) is 0 Å². The molecule has 1 N–H and O–H groups in total. The first-order valence-corrected chi connectivity index (χ1v) is 6.93. The van der Waals surface area contributed by atoms with Gasteiger partial charge in [-0.15, -0.1) is 0 Å². The summed E-state index contributed by atoms with van der Waals surface area (Å²) in [6.45, 7) is 3.15. The van der Waals surface area contributed by atoms with Gasteiger partial charge < -0.3 is 10.2 Å². The zero-order valence-corrected chi connectivity index (χ0v) is 12.1. The van der Waals surface area contributed by atoms with Crippen molar-refractivity contribution in [3.05, 3.63) is 35.4 Å². The molecule has 1 amide bonds. The number of carbonyl (C=O) groups excluding carboxylic acids is 1. The summed E-state index contributed by atoms with van der Waals surface area (Å²) < 4.78 is 37.5. The van der Waals surface area contributed by atoms with Crippen molar-refractivity contribution in [2.75, 3.05) is 13.6 Å². The molecule has 0 spiro atoms. The van der Waals surface area contributed by atoms with Gasteiger partial charge in [0.15, 0.2) is 0 Å². The number of halogens is 3. The van der Waals surface area contributed by atoms with Crippen molar-refractivity contribution in [3.63, 3.8) is 0 Å². The molecular weight excluding hydrogens is 281 g/mol. The van der Waals surface area contributed by atoms with Crippen LogP contribution in [0.3, 0.4) is 0 Å². The fraction of sp³-hybridized carbons (Fsp3) is 0.533. The van der Waals surface area contributed by atoms with Crippen LogP contribution in [0, 0.1) is 5.92 Å². The lowest BCUT2D eigenvalue weighted by Crippen LogP contribution is -2.43. The maximum absolute atomic E-state index is 12.5. The van der Waals surface area contributed by atoms with E-state index in [9.17, 15) is 18.0 Å². The van der Waals surface area contributed by atoms with E-state index < -0.39 is 11.7 Å². The molecule has 1 saturated heterocycles. The molecule has 0 saturated carbocycles. The Hall–Kier alpha value is -1.56. The molecule has 6 heteroatoms. The number of hydrogen-bond donors (Lipinski definition) is 1. The second-order valence-corrected chi connectivity index (χ2v) is 5.59. The number of benzene rings is 1. The Labute approximate surface area is 122 Å². The zero-order valence-electron chi connectivity index (χ0n) is 12.1. The van der Waals surface area contributed by atoms with Gasteiger partial charge in [-0.1, -0.05) is 19.1 Å². The van der Waals surface area contributed by atoms with E-state index in [0.29, 0.717) is 12.1 Å². The van der Waals surface area contributed by atoms with Gasteiger partial charge >= 0.3 is 6.18 Å². The molecule has 0 aliphatic carbocycles. The van der Waals surface area contributed by atoms with Crippen molar-refractivity contribution in [3.8, 4) is 0 Å². The molecule has 0 aromatic heterocycles. The summed E-state index contributed by atoms with van der Waals surface area (Å²) in [5, 5.41) is 3.16. The molecule has 1 aliphatic rings. The number of rotatable bonds is 3. The zero-order chi connectivity index (χ0) is 15.6. The van der Waals surface area contributed by atoms with Crippen LogP contribution < -0.4 is 5.32 Å². The Morgan fingerprint density at radius 2 is 1.95 bits per heavy atom. The lowest BCUT2D eigenvalue weighted by Gasteiger charge is -2.23. The van der Waals surface area contributed by atoms with Gasteiger partial charge in [-0.05, 0) is 36.6 Å². The standard InChI is InChI=1S/C15H19F3N2O/c1-10-7-8-19-13(10)14(21)20(2)9-11-3-5-12(6-4-11)15(16,17)18/h3-6,10,13,19H,7-9H2,1-2H3. The van der Waals surface area contributed by atoms with Gasteiger partial charge in [0.1, 0.15) is 0 Å². The van der Waals surface area contributed by atoms with Crippen LogP contribution in [-0.2, 0) is 17.5 Å². The largest absolute Gasteiger partial charge is 0.416 e. The number of alkyl halides is 3. The first kappa shape index (κ1) is 15.8. The molecule has 2 rings (SSSR count). The number of hydrogen-bond acceptors (Lipinski definition) is 2. The van der Waals surface area contributed by atoms with Crippen molar-refractivity contribution < 1.29 is 18.0 Å². The van der Waals surface area contributed by atoms with Gasteiger partial charge in [-0.2, -0.15) is 13.2 Å². The molecule has 2 atom stereocenters. The average Bonchev–Trinajstić information content (AvgIpc) is 2.83. The second kappa shape index (κ2) is 6.05. The number of likely N-dealkylation sites (N-methyl/N-ethyl adjacent to an activating group) is 1. The smallest absolute Gasteiger partial charge is 0.340 e. The first-order valence-electron chi connectivity index (χ1n) is 6.93. The van der Waals surface area contributed by atoms with E-state index in [1.54, 1.807) is 11.9 Å². The van der Waals surface area contributed by atoms with Crippen LogP contribution in [0.5, 0.6) is 0 Å². The predicted octanol–water partition coefficient (Wildman–Crippen LogP) is 2.66. The molecule has 1 fully saturated rings. The summed E-state index contributed by atoms with van der Waals surface area (Å²) in [5.74, 6) is 0.271. The minimum atomic E-state index is -4.33. The highest BCUT2D eigenvalue weighted by molar-refractivity contribution is 5.82. The molecule has 2 unspecified atom stereocenters. The third-order valence-electron chi connectivity index (χ3n) is 3.88. The van der Waals surface area contributed by atoms with Crippen LogP contribution in [0.1, 0.15) is 24.5 Å². The number of nitrogens with one attached hydrogen (secondary N) is 1. The van der Waals surface area contributed by atoms with Crippen molar-refractivity contribution >= 4 is 5.91 Å². The highest BCUT2D eigenvalue weighted by Gasteiger charge is 2.32. The van der Waals surface area contributed by atoms with E-state index in [1.807, 2.05) is 6.92 Å². The number of nitrogens with zero attached hydrogens (tertiary/aromatic N) is 1. The van der Waals surface area contributed by atoms with E-state index in [2.05, 4.69) is 5.32 Å². The SMILES string of the molecule is CC1CCNC1C(=O)N(C)Cc1ccc(C(F)(F)F)cc1. The van der Waals surface area contributed by atoms with Crippen molar-refractivity contribution in [2.45, 2.75) is 32.1 Å². The van der Waals surface area contributed by atoms with E-state index in [-0.39, 0.29) is 17.9 Å². The van der Waals surface area contributed by atoms with E-state index in [4.69, 9.17) is 0 Å². The fourth-order valence-electron chi connectivity index (χ4n) is 2.55. The molecule has 1 aliphatic heterocycles. The van der Waals surface area contributed by atoms with Crippen LogP contribution in [0.25, 0.3) is 0 Å². The molecule has 1 heterocycles. The number of amides is 1. The summed E-state index contributed by atoms with van der Waals surface area (Å²) >= 11 is 0. The van der Waals surface area contributed by atoms with E-state index >= 15 is 0 Å². The fourth-order valence-corrected chi connectivity index (χ4v) is 2.55. The average molecular weight is 300 g/mol. The molecule has 116 valence electrons. The Morgan fingerprint density at radius 3 is 2.43 bits per heavy atom. The maximum atomic E-state index is 12.5. The lowest BCUT2D eigenvalue weighted by atomic mass is 10.0. The molecule has 3 nitrogen and oxygen atoms in total. The Balaban J connectivity index is 1.99. The summed E-state index contributed by atoms with van der Waals surface area (Å²) in [6.07, 6.45) is -3.37. The molecule has 1 aromatic rings. The highest BCUT2D eigenvalue weighted by Crippen LogP contribution is 2.29. The minimum absolute atomic E-state index is 0.0140. The minimum Gasteiger partial charge on any atom is -0.340 e. The maximum Gasteiger partial charge on any atom is 0.416 e. The molecule has 0 radical (unpaired) electrons. The van der Waals surface area contributed by atoms with Crippen LogP contribution in [0.15, 0.2) is 24.3 Å². The quantitative estimate of drug-likeness (QED) is 0.931. The molecular formula is C15H19F3N2O. The van der Waals surface area contributed by atoms with Crippen LogP contribution >= 0.6 is 0 Å². The van der Waals surface area contributed by atoms with Gasteiger partial charge in [0.25, 0.3) is 0 Å². The van der Waals surface area contributed by atoms with Crippen LogP contribution in [-0.4, -0.2) is 30.4 Å².